The fourth-order valence-corrected chi connectivity index (χ4v) is 5.40. The quantitative estimate of drug-likeness (QED) is 0.362. The molecule has 0 saturated carbocycles. The van der Waals surface area contributed by atoms with Crippen molar-refractivity contribution in [2.45, 2.75) is 37.1 Å². The zero-order chi connectivity index (χ0) is 26.8. The van der Waals surface area contributed by atoms with E-state index in [1.54, 1.807) is 55.5 Å². The average Bonchev–Trinajstić information content (AvgIpc) is 2.84. The van der Waals surface area contributed by atoms with Crippen LogP contribution in [0.15, 0.2) is 95.7 Å². The summed E-state index contributed by atoms with van der Waals surface area (Å²) in [6, 6.07) is 21.6. The number of benzene rings is 3. The smallest absolute Gasteiger partial charge is 0.444 e. The second-order valence-electron chi connectivity index (χ2n) is 8.36. The van der Waals surface area contributed by atoms with Gasteiger partial charge in [-0.2, -0.15) is 13.2 Å². The number of aryl methyl sites for hydroxylation is 1. The van der Waals surface area contributed by atoms with Crippen LogP contribution in [0.2, 0.25) is 0 Å². The number of alkyl halides is 3. The molecule has 3 aromatic rings. The van der Waals surface area contributed by atoms with Crippen LogP contribution in [0.4, 0.5) is 13.2 Å². The van der Waals surface area contributed by atoms with Crippen LogP contribution in [-0.2, 0) is 30.8 Å². The number of ether oxygens (including phenoxy) is 2. The van der Waals surface area contributed by atoms with E-state index in [0.29, 0.717) is 5.56 Å². The van der Waals surface area contributed by atoms with Crippen LogP contribution >= 0.6 is 0 Å². The van der Waals surface area contributed by atoms with Crippen LogP contribution in [-0.4, -0.2) is 37.1 Å². The number of esters is 1. The molecule has 0 aliphatic carbocycles. The Bertz CT molecular complexity index is 1410. The molecule has 37 heavy (non-hydrogen) atoms. The summed E-state index contributed by atoms with van der Waals surface area (Å²) in [6.07, 6.45) is -5.24. The third-order valence-corrected chi connectivity index (χ3v) is 7.59. The monoisotopic (exact) mass is 531 g/mol. The Morgan fingerprint density at radius 3 is 2.05 bits per heavy atom. The summed E-state index contributed by atoms with van der Waals surface area (Å²) >= 11 is 0. The first-order chi connectivity index (χ1) is 17.5. The lowest BCUT2D eigenvalue weighted by Crippen LogP contribution is -2.63. The van der Waals surface area contributed by atoms with Crippen molar-refractivity contribution in [2.75, 3.05) is 6.61 Å². The van der Waals surface area contributed by atoms with Crippen molar-refractivity contribution >= 4 is 21.6 Å². The van der Waals surface area contributed by atoms with Gasteiger partial charge in [-0.05, 0) is 37.1 Å². The van der Waals surface area contributed by atoms with Crippen molar-refractivity contribution in [3.05, 3.63) is 108 Å². The van der Waals surface area contributed by atoms with E-state index >= 15 is 0 Å². The summed E-state index contributed by atoms with van der Waals surface area (Å²) in [5.74, 6) is -2.27. The fourth-order valence-electron chi connectivity index (χ4n) is 4.00. The molecule has 0 N–H and O–H groups in total. The lowest BCUT2D eigenvalue weighted by atomic mass is 9.83. The Labute approximate surface area is 213 Å². The van der Waals surface area contributed by atoms with Crippen molar-refractivity contribution in [1.82, 2.24) is 4.31 Å². The van der Waals surface area contributed by atoms with Crippen molar-refractivity contribution in [2.24, 2.45) is 0 Å². The molecule has 10 heteroatoms. The molecule has 0 amide bonds. The minimum Gasteiger partial charge on any atom is -0.462 e. The molecular formula is C27H24F3NO5S. The summed E-state index contributed by atoms with van der Waals surface area (Å²) in [4.78, 5) is 12.7. The Kier molecular flexibility index (Phi) is 7.05. The molecule has 1 heterocycles. The second kappa shape index (κ2) is 9.93. The van der Waals surface area contributed by atoms with Gasteiger partial charge in [0.25, 0.3) is 10.0 Å². The molecule has 6 nitrogen and oxygen atoms in total. The van der Waals surface area contributed by atoms with Crippen molar-refractivity contribution in [3.8, 4) is 0 Å². The molecule has 0 spiro atoms. The molecule has 194 valence electrons. The first-order valence-corrected chi connectivity index (χ1v) is 12.8. The van der Waals surface area contributed by atoms with Gasteiger partial charge in [0, 0.05) is 0 Å². The van der Waals surface area contributed by atoms with Gasteiger partial charge in [-0.25, -0.2) is 17.5 Å². The predicted molar refractivity (Wildman–Crippen MR) is 130 cm³/mol. The maximum absolute atomic E-state index is 14.6. The van der Waals surface area contributed by atoms with Gasteiger partial charge in [0.1, 0.15) is 0 Å². The topological polar surface area (TPSA) is 72.9 Å². The van der Waals surface area contributed by atoms with Gasteiger partial charge < -0.3 is 9.47 Å². The SMILES string of the molecule is CCOC(=O)[C@]1(C(F)(F)F)OC(N(Cc2ccccc2)S(=O)(=O)c2ccc(C)cc2)=C1c1ccccc1. The standard InChI is InChI=1S/C27H24F3NO5S/c1-3-35-25(32)26(27(28,29)30)23(21-12-8-5-9-13-21)24(36-26)31(18-20-10-6-4-7-11-20)37(33,34)22-16-14-19(2)15-17-22/h4-17H,3,18H2,1-2H3/t26-/m1/s1. The zero-order valence-electron chi connectivity index (χ0n) is 20.0. The van der Waals surface area contributed by atoms with Crippen LogP contribution in [0.5, 0.6) is 0 Å². The average molecular weight is 532 g/mol. The van der Waals surface area contributed by atoms with Gasteiger partial charge in [0.2, 0.25) is 5.88 Å². The molecular weight excluding hydrogens is 507 g/mol. The van der Waals surface area contributed by atoms with Gasteiger partial charge in [-0.1, -0.05) is 78.4 Å². The van der Waals surface area contributed by atoms with E-state index < -0.39 is 39.2 Å². The summed E-state index contributed by atoms with van der Waals surface area (Å²) in [5.41, 5.74) is -2.84. The van der Waals surface area contributed by atoms with Crippen LogP contribution in [0, 0.1) is 6.92 Å². The molecule has 0 aromatic heterocycles. The van der Waals surface area contributed by atoms with E-state index in [0.717, 1.165) is 9.87 Å². The third-order valence-electron chi connectivity index (χ3n) is 5.84. The van der Waals surface area contributed by atoms with Crippen LogP contribution in [0.25, 0.3) is 5.57 Å². The zero-order valence-corrected chi connectivity index (χ0v) is 20.8. The normalized spacial score (nSPS) is 17.5. The molecule has 0 fully saturated rings. The molecule has 0 radical (unpaired) electrons. The molecule has 0 unspecified atom stereocenters. The number of carbonyl (C=O) groups excluding carboxylic acids is 1. The van der Waals surface area contributed by atoms with E-state index in [1.165, 1.54) is 43.3 Å². The van der Waals surface area contributed by atoms with E-state index in [-0.39, 0.29) is 23.6 Å². The first-order valence-electron chi connectivity index (χ1n) is 11.4. The van der Waals surface area contributed by atoms with E-state index in [1.807, 2.05) is 0 Å². The molecule has 3 aromatic carbocycles. The molecule has 4 rings (SSSR count). The lowest BCUT2D eigenvalue weighted by Gasteiger charge is -2.47. The highest BCUT2D eigenvalue weighted by molar-refractivity contribution is 7.89. The molecule has 0 bridgehead atoms. The molecule has 1 aliphatic heterocycles. The third kappa shape index (κ3) is 4.69. The van der Waals surface area contributed by atoms with Gasteiger partial charge in [-0.15, -0.1) is 0 Å². The largest absolute Gasteiger partial charge is 0.462 e. The van der Waals surface area contributed by atoms with Gasteiger partial charge >= 0.3 is 17.7 Å². The molecule has 1 atom stereocenters. The van der Waals surface area contributed by atoms with Crippen molar-refractivity contribution in [1.29, 1.82) is 0 Å². The number of rotatable bonds is 8. The maximum Gasteiger partial charge on any atom is 0.444 e. The van der Waals surface area contributed by atoms with Crippen molar-refractivity contribution < 1.29 is 35.9 Å². The van der Waals surface area contributed by atoms with Gasteiger partial charge in [0.05, 0.1) is 23.6 Å². The minimum atomic E-state index is -5.24. The number of hydrogen-bond donors (Lipinski definition) is 0. The van der Waals surface area contributed by atoms with Gasteiger partial charge in [0.15, 0.2) is 0 Å². The van der Waals surface area contributed by atoms with Crippen LogP contribution in [0.1, 0.15) is 23.6 Å². The molecule has 0 saturated heterocycles. The van der Waals surface area contributed by atoms with E-state index in [4.69, 9.17) is 9.47 Å². The van der Waals surface area contributed by atoms with Crippen LogP contribution < -0.4 is 0 Å². The van der Waals surface area contributed by atoms with E-state index in [9.17, 15) is 26.4 Å². The lowest BCUT2D eigenvalue weighted by molar-refractivity contribution is -0.263. The number of nitrogens with zero attached hydrogens (tertiary/aromatic N) is 1. The highest BCUT2D eigenvalue weighted by Crippen LogP contribution is 2.55. The molecule has 1 aliphatic rings. The number of hydrogen-bond acceptors (Lipinski definition) is 5. The predicted octanol–water partition coefficient (Wildman–Crippen LogP) is 5.45. The van der Waals surface area contributed by atoms with Crippen LogP contribution in [0.3, 0.4) is 0 Å². The maximum atomic E-state index is 14.6. The highest BCUT2D eigenvalue weighted by Gasteiger charge is 2.74. The summed E-state index contributed by atoms with van der Waals surface area (Å²) in [6.45, 7) is 2.49. The summed E-state index contributed by atoms with van der Waals surface area (Å²) < 4.78 is 82.2. The Morgan fingerprint density at radius 2 is 1.51 bits per heavy atom. The highest BCUT2D eigenvalue weighted by atomic mass is 32.2. The fraction of sp³-hybridized carbons (Fsp3) is 0.222. The number of halogens is 3. The van der Waals surface area contributed by atoms with Gasteiger partial charge in [-0.3, -0.25) is 0 Å². The Morgan fingerprint density at radius 1 is 0.946 bits per heavy atom. The Hall–Kier alpha value is -3.79. The van der Waals surface area contributed by atoms with E-state index in [2.05, 4.69) is 0 Å². The Balaban J connectivity index is 1.99. The summed E-state index contributed by atoms with van der Waals surface area (Å²) in [5, 5.41) is 0. The van der Waals surface area contributed by atoms with Crippen molar-refractivity contribution in [3.63, 3.8) is 0 Å². The second-order valence-corrected chi connectivity index (χ2v) is 10.2. The first kappa shape index (κ1) is 26.3. The number of carbonyl (C=O) groups is 1. The minimum absolute atomic E-state index is 0.0219. The number of sulfonamides is 1. The summed E-state index contributed by atoms with van der Waals surface area (Å²) in [7, 11) is -4.42.